The van der Waals surface area contributed by atoms with Crippen molar-refractivity contribution in [3.63, 3.8) is 0 Å². The molecular weight excluding hydrogens is 250 g/mol. The van der Waals surface area contributed by atoms with Crippen LogP contribution in [0.1, 0.15) is 44.6 Å². The number of amides is 1. The highest BCUT2D eigenvalue weighted by Crippen LogP contribution is 2.47. The van der Waals surface area contributed by atoms with E-state index < -0.39 is 0 Å². The predicted molar refractivity (Wildman–Crippen MR) is 80.4 cm³/mol. The van der Waals surface area contributed by atoms with E-state index in [0.29, 0.717) is 12.5 Å². The van der Waals surface area contributed by atoms with Crippen LogP contribution in [-0.2, 0) is 4.79 Å². The Morgan fingerprint density at radius 3 is 2.70 bits per heavy atom. The maximum Gasteiger partial charge on any atom is 0.223 e. The molecule has 1 fully saturated rings. The van der Waals surface area contributed by atoms with Crippen LogP contribution in [0.3, 0.4) is 0 Å². The van der Waals surface area contributed by atoms with Crippen molar-refractivity contribution in [2.75, 3.05) is 13.2 Å². The first-order valence-electron chi connectivity index (χ1n) is 7.47. The lowest BCUT2D eigenvalue weighted by molar-refractivity contribution is -0.122. The van der Waals surface area contributed by atoms with E-state index in [2.05, 4.69) is 31.3 Å². The Morgan fingerprint density at radius 2 is 2.05 bits per heavy atom. The molecule has 110 valence electrons. The van der Waals surface area contributed by atoms with Crippen LogP contribution in [0.5, 0.6) is 0 Å². The molecule has 0 aromatic heterocycles. The molecule has 0 heterocycles. The van der Waals surface area contributed by atoms with Gasteiger partial charge in [0.15, 0.2) is 0 Å². The van der Waals surface area contributed by atoms with Crippen LogP contribution in [-0.4, -0.2) is 24.2 Å². The van der Waals surface area contributed by atoms with E-state index in [1.807, 2.05) is 18.2 Å². The van der Waals surface area contributed by atoms with Gasteiger partial charge in [0.25, 0.3) is 0 Å². The summed E-state index contributed by atoms with van der Waals surface area (Å²) in [5, 5.41) is 12.0. The standard InChI is InChI=1S/C17H25NO2/c1-17(2,9-6-10-19)12-18-16(20)15-11-14(15)13-7-4-3-5-8-13/h3-5,7-8,14-15,19H,6,9-12H2,1-2H3,(H,18,20). The molecule has 1 aliphatic rings. The van der Waals surface area contributed by atoms with Gasteiger partial charge in [0.05, 0.1) is 0 Å². The van der Waals surface area contributed by atoms with E-state index >= 15 is 0 Å². The highest BCUT2D eigenvalue weighted by Gasteiger charge is 2.43. The lowest BCUT2D eigenvalue weighted by Gasteiger charge is -2.24. The van der Waals surface area contributed by atoms with E-state index in [4.69, 9.17) is 5.11 Å². The molecule has 1 aromatic carbocycles. The van der Waals surface area contributed by atoms with Crippen molar-refractivity contribution in [3.8, 4) is 0 Å². The molecule has 1 aliphatic carbocycles. The third-order valence-corrected chi connectivity index (χ3v) is 4.11. The molecule has 0 bridgehead atoms. The number of aliphatic hydroxyl groups is 1. The Labute approximate surface area is 121 Å². The Balaban J connectivity index is 1.77. The molecule has 2 atom stereocenters. The number of rotatable bonds is 7. The molecule has 2 unspecified atom stereocenters. The maximum absolute atomic E-state index is 12.1. The summed E-state index contributed by atoms with van der Waals surface area (Å²) in [5.41, 5.74) is 1.32. The van der Waals surface area contributed by atoms with Gasteiger partial charge >= 0.3 is 0 Å². The van der Waals surface area contributed by atoms with Crippen LogP contribution in [0.15, 0.2) is 30.3 Å². The van der Waals surface area contributed by atoms with Crippen molar-refractivity contribution in [1.29, 1.82) is 0 Å². The number of nitrogens with one attached hydrogen (secondary N) is 1. The summed E-state index contributed by atoms with van der Waals surface area (Å²) < 4.78 is 0. The summed E-state index contributed by atoms with van der Waals surface area (Å²) in [4.78, 5) is 12.1. The Hall–Kier alpha value is -1.35. The van der Waals surface area contributed by atoms with Crippen molar-refractivity contribution >= 4 is 5.91 Å². The molecule has 1 aromatic rings. The number of carbonyl (C=O) groups is 1. The fraction of sp³-hybridized carbons (Fsp3) is 0.588. The molecule has 0 spiro atoms. The summed E-state index contributed by atoms with van der Waals surface area (Å²) in [6.07, 6.45) is 2.68. The molecule has 3 heteroatoms. The van der Waals surface area contributed by atoms with E-state index in [0.717, 1.165) is 19.3 Å². The van der Waals surface area contributed by atoms with Crippen LogP contribution in [0, 0.1) is 11.3 Å². The number of hydrogen-bond donors (Lipinski definition) is 2. The average Bonchev–Trinajstić information content (AvgIpc) is 3.24. The zero-order valence-electron chi connectivity index (χ0n) is 12.4. The summed E-state index contributed by atoms with van der Waals surface area (Å²) in [6.45, 7) is 5.16. The monoisotopic (exact) mass is 275 g/mol. The van der Waals surface area contributed by atoms with Gasteiger partial charge in [0.1, 0.15) is 0 Å². The summed E-state index contributed by atoms with van der Waals surface area (Å²) in [5.74, 6) is 0.721. The van der Waals surface area contributed by atoms with E-state index in [-0.39, 0.29) is 23.8 Å². The quantitative estimate of drug-likeness (QED) is 0.804. The minimum absolute atomic E-state index is 0.0511. The van der Waals surface area contributed by atoms with Crippen LogP contribution >= 0.6 is 0 Å². The topological polar surface area (TPSA) is 49.3 Å². The molecule has 0 saturated heterocycles. The van der Waals surface area contributed by atoms with Crippen molar-refractivity contribution < 1.29 is 9.90 Å². The van der Waals surface area contributed by atoms with E-state index in [1.165, 1.54) is 5.56 Å². The normalized spacial score (nSPS) is 21.6. The Kier molecular flexibility index (Phi) is 4.81. The van der Waals surface area contributed by atoms with E-state index in [9.17, 15) is 4.79 Å². The third kappa shape index (κ3) is 4.07. The van der Waals surface area contributed by atoms with Crippen molar-refractivity contribution in [2.45, 2.75) is 39.0 Å². The molecule has 1 saturated carbocycles. The lowest BCUT2D eigenvalue weighted by atomic mass is 9.88. The van der Waals surface area contributed by atoms with Crippen LogP contribution in [0.25, 0.3) is 0 Å². The average molecular weight is 275 g/mol. The molecular formula is C17H25NO2. The minimum Gasteiger partial charge on any atom is -0.396 e. The fourth-order valence-electron chi connectivity index (χ4n) is 2.66. The molecule has 2 N–H and O–H groups in total. The summed E-state index contributed by atoms with van der Waals surface area (Å²) >= 11 is 0. The van der Waals surface area contributed by atoms with Gasteiger partial charge in [-0.2, -0.15) is 0 Å². The van der Waals surface area contributed by atoms with Gasteiger partial charge in [-0.15, -0.1) is 0 Å². The third-order valence-electron chi connectivity index (χ3n) is 4.11. The second-order valence-corrected chi connectivity index (χ2v) is 6.57. The van der Waals surface area contributed by atoms with Gasteiger partial charge in [0.2, 0.25) is 5.91 Å². The molecule has 1 amide bonds. The highest BCUT2D eigenvalue weighted by atomic mass is 16.2. The Bertz CT molecular complexity index is 442. The largest absolute Gasteiger partial charge is 0.396 e. The summed E-state index contributed by atoms with van der Waals surface area (Å²) in [6, 6.07) is 10.3. The zero-order valence-corrected chi connectivity index (χ0v) is 12.4. The molecule has 3 nitrogen and oxygen atoms in total. The van der Waals surface area contributed by atoms with Crippen LogP contribution in [0.2, 0.25) is 0 Å². The second kappa shape index (κ2) is 6.40. The number of hydrogen-bond acceptors (Lipinski definition) is 2. The van der Waals surface area contributed by atoms with Gasteiger partial charge in [0, 0.05) is 19.1 Å². The van der Waals surface area contributed by atoms with Crippen LogP contribution in [0.4, 0.5) is 0 Å². The molecule has 0 aliphatic heterocycles. The first-order chi connectivity index (χ1) is 9.53. The van der Waals surface area contributed by atoms with Gasteiger partial charge in [-0.3, -0.25) is 4.79 Å². The first kappa shape index (κ1) is 15.0. The van der Waals surface area contributed by atoms with E-state index in [1.54, 1.807) is 0 Å². The summed E-state index contributed by atoms with van der Waals surface area (Å²) in [7, 11) is 0. The Morgan fingerprint density at radius 1 is 1.35 bits per heavy atom. The number of benzene rings is 1. The SMILES string of the molecule is CC(C)(CCCO)CNC(=O)C1CC1c1ccccc1. The smallest absolute Gasteiger partial charge is 0.223 e. The van der Waals surface area contributed by atoms with Crippen molar-refractivity contribution in [1.82, 2.24) is 5.32 Å². The molecule has 20 heavy (non-hydrogen) atoms. The highest BCUT2D eigenvalue weighted by molar-refractivity contribution is 5.82. The molecule has 0 radical (unpaired) electrons. The lowest BCUT2D eigenvalue weighted by Crippen LogP contribution is -2.35. The van der Waals surface area contributed by atoms with Gasteiger partial charge in [-0.05, 0) is 36.2 Å². The van der Waals surface area contributed by atoms with Crippen molar-refractivity contribution in [3.05, 3.63) is 35.9 Å². The predicted octanol–water partition coefficient (Wildman–Crippen LogP) is 2.71. The minimum atomic E-state index is 0.0511. The van der Waals surface area contributed by atoms with Crippen molar-refractivity contribution in [2.24, 2.45) is 11.3 Å². The van der Waals surface area contributed by atoms with Crippen LogP contribution < -0.4 is 5.32 Å². The van der Waals surface area contributed by atoms with Gasteiger partial charge in [-0.25, -0.2) is 0 Å². The first-order valence-corrected chi connectivity index (χ1v) is 7.47. The molecule has 2 rings (SSSR count). The van der Waals surface area contributed by atoms with Gasteiger partial charge < -0.3 is 10.4 Å². The van der Waals surface area contributed by atoms with Gasteiger partial charge in [-0.1, -0.05) is 44.2 Å². The second-order valence-electron chi connectivity index (χ2n) is 6.57. The zero-order chi connectivity index (χ0) is 14.6. The number of carbonyl (C=O) groups excluding carboxylic acids is 1. The fourth-order valence-corrected chi connectivity index (χ4v) is 2.66. The maximum atomic E-state index is 12.1. The number of aliphatic hydroxyl groups excluding tert-OH is 1.